The summed E-state index contributed by atoms with van der Waals surface area (Å²) in [6.07, 6.45) is 0. The highest BCUT2D eigenvalue weighted by Crippen LogP contribution is 2.29. The lowest BCUT2D eigenvalue weighted by molar-refractivity contribution is -0.384. The van der Waals surface area contributed by atoms with Crippen LogP contribution in [0.25, 0.3) is 0 Å². The Bertz CT molecular complexity index is 957. The summed E-state index contributed by atoms with van der Waals surface area (Å²) in [4.78, 5) is 47.6. The van der Waals surface area contributed by atoms with Crippen molar-refractivity contribution in [3.05, 3.63) is 69.8 Å². The summed E-state index contributed by atoms with van der Waals surface area (Å²) in [7, 11) is 1.49. The fourth-order valence-corrected chi connectivity index (χ4v) is 2.76. The highest BCUT2D eigenvalue weighted by atomic mass is 16.6. The molecule has 0 unspecified atom stereocenters. The minimum atomic E-state index is -1.47. The molecule has 4 amide bonds. The minimum absolute atomic E-state index is 0.145. The third-order valence-corrected chi connectivity index (χ3v) is 4.41. The molecular formula is C18H16N4O6. The first-order valence-corrected chi connectivity index (χ1v) is 8.13. The van der Waals surface area contributed by atoms with Gasteiger partial charge >= 0.3 is 6.03 Å². The summed E-state index contributed by atoms with van der Waals surface area (Å²) < 4.78 is 5.01. The van der Waals surface area contributed by atoms with E-state index in [9.17, 15) is 24.5 Å². The van der Waals surface area contributed by atoms with Gasteiger partial charge in [-0.05, 0) is 48.9 Å². The van der Waals surface area contributed by atoms with Crippen molar-refractivity contribution in [2.24, 2.45) is 0 Å². The van der Waals surface area contributed by atoms with Gasteiger partial charge in [0.05, 0.1) is 12.0 Å². The maximum absolute atomic E-state index is 12.8. The van der Waals surface area contributed by atoms with E-state index in [2.05, 4.69) is 10.7 Å². The molecular weight excluding hydrogens is 368 g/mol. The fraction of sp³-hybridized carbons (Fsp3) is 0.167. The number of imide groups is 1. The van der Waals surface area contributed by atoms with Crippen LogP contribution in [-0.4, -0.2) is 34.9 Å². The molecule has 1 atom stereocenters. The molecule has 0 spiro atoms. The zero-order chi connectivity index (χ0) is 20.5. The average Bonchev–Trinajstić information content (AvgIpc) is 2.92. The van der Waals surface area contributed by atoms with Crippen molar-refractivity contribution in [2.45, 2.75) is 12.5 Å². The Morgan fingerprint density at radius 1 is 1.14 bits per heavy atom. The van der Waals surface area contributed by atoms with E-state index in [1.807, 2.05) is 0 Å². The van der Waals surface area contributed by atoms with Crippen molar-refractivity contribution < 1.29 is 24.0 Å². The van der Waals surface area contributed by atoms with Gasteiger partial charge in [-0.25, -0.2) is 4.79 Å². The normalized spacial score (nSPS) is 18.6. The summed E-state index contributed by atoms with van der Waals surface area (Å²) in [6, 6.07) is 10.5. The molecule has 10 nitrogen and oxygen atoms in total. The lowest BCUT2D eigenvalue weighted by atomic mass is 9.92. The third kappa shape index (κ3) is 3.22. The number of nitrogens with zero attached hydrogens (tertiary/aromatic N) is 2. The molecule has 144 valence electrons. The summed E-state index contributed by atoms with van der Waals surface area (Å²) in [6.45, 7) is 1.45. The summed E-state index contributed by atoms with van der Waals surface area (Å²) in [5.41, 5.74) is 1.23. The Balaban J connectivity index is 1.80. The first-order chi connectivity index (χ1) is 13.3. The van der Waals surface area contributed by atoms with Gasteiger partial charge in [0.15, 0.2) is 0 Å². The molecule has 1 aliphatic heterocycles. The number of hydrogen-bond donors (Lipinski definition) is 2. The van der Waals surface area contributed by atoms with Crippen LogP contribution in [0.2, 0.25) is 0 Å². The van der Waals surface area contributed by atoms with Crippen LogP contribution in [0.4, 0.5) is 10.5 Å². The van der Waals surface area contributed by atoms with Crippen LogP contribution in [0.1, 0.15) is 22.8 Å². The van der Waals surface area contributed by atoms with Crippen molar-refractivity contribution in [1.82, 2.24) is 15.8 Å². The van der Waals surface area contributed by atoms with Crippen molar-refractivity contribution in [1.29, 1.82) is 0 Å². The number of rotatable bonds is 5. The minimum Gasteiger partial charge on any atom is -0.497 e. The highest BCUT2D eigenvalue weighted by Gasteiger charge is 2.50. The maximum Gasteiger partial charge on any atom is 0.344 e. The molecule has 0 aromatic heterocycles. The number of non-ortho nitro benzene ring substituents is 1. The fourth-order valence-electron chi connectivity index (χ4n) is 2.76. The number of methoxy groups -OCH3 is 1. The van der Waals surface area contributed by atoms with Crippen LogP contribution in [0.15, 0.2) is 48.5 Å². The molecule has 1 fully saturated rings. The van der Waals surface area contributed by atoms with Gasteiger partial charge in [0, 0.05) is 17.7 Å². The number of nitro groups is 1. The van der Waals surface area contributed by atoms with E-state index in [0.29, 0.717) is 16.3 Å². The van der Waals surface area contributed by atoms with Crippen LogP contribution in [-0.2, 0) is 10.3 Å². The number of nitrogens with one attached hydrogen (secondary N) is 2. The second-order valence-electron chi connectivity index (χ2n) is 6.17. The van der Waals surface area contributed by atoms with Crippen LogP contribution in [0, 0.1) is 10.1 Å². The molecule has 2 aromatic rings. The number of carbonyl (C=O) groups excluding carboxylic acids is 3. The molecule has 10 heteroatoms. The number of carbonyl (C=O) groups is 3. The van der Waals surface area contributed by atoms with E-state index in [0.717, 1.165) is 0 Å². The Hall–Kier alpha value is -3.95. The number of benzene rings is 2. The molecule has 1 heterocycles. The molecule has 1 saturated heterocycles. The largest absolute Gasteiger partial charge is 0.497 e. The second kappa shape index (κ2) is 6.99. The average molecular weight is 384 g/mol. The molecule has 2 N–H and O–H groups in total. The molecule has 0 saturated carbocycles. The second-order valence-corrected chi connectivity index (χ2v) is 6.17. The number of urea groups is 1. The van der Waals surface area contributed by atoms with Gasteiger partial charge in [-0.3, -0.25) is 25.1 Å². The van der Waals surface area contributed by atoms with E-state index in [4.69, 9.17) is 4.74 Å². The van der Waals surface area contributed by atoms with Crippen LogP contribution in [0.5, 0.6) is 5.75 Å². The molecule has 28 heavy (non-hydrogen) atoms. The number of nitro benzene ring substituents is 1. The Morgan fingerprint density at radius 3 is 2.29 bits per heavy atom. The number of amides is 4. The van der Waals surface area contributed by atoms with Gasteiger partial charge in [0.25, 0.3) is 17.5 Å². The molecule has 0 bridgehead atoms. The van der Waals surface area contributed by atoms with E-state index in [1.165, 1.54) is 50.4 Å². The zero-order valence-electron chi connectivity index (χ0n) is 15.0. The molecule has 2 aromatic carbocycles. The number of hydrogen-bond acceptors (Lipinski definition) is 6. The third-order valence-electron chi connectivity index (χ3n) is 4.41. The van der Waals surface area contributed by atoms with E-state index in [1.54, 1.807) is 12.1 Å². The van der Waals surface area contributed by atoms with E-state index < -0.39 is 28.3 Å². The summed E-state index contributed by atoms with van der Waals surface area (Å²) in [5, 5.41) is 13.9. The smallest absolute Gasteiger partial charge is 0.344 e. The molecule has 1 aliphatic rings. The van der Waals surface area contributed by atoms with E-state index >= 15 is 0 Å². The van der Waals surface area contributed by atoms with Gasteiger partial charge in [0.2, 0.25) is 0 Å². The number of hydrazine groups is 1. The van der Waals surface area contributed by atoms with Crippen molar-refractivity contribution in [3.8, 4) is 5.75 Å². The standard InChI is InChI=1S/C18H16N4O6/c1-18(12-5-7-13(8-6-12)22(26)27)16(24)21(17(25)19-18)20-15(23)11-3-9-14(28-2)10-4-11/h3-10H,1-2H3,(H,19,25)(H,20,23)/t18-/m1/s1. The van der Waals surface area contributed by atoms with Gasteiger partial charge < -0.3 is 10.1 Å². The topological polar surface area (TPSA) is 131 Å². The predicted molar refractivity (Wildman–Crippen MR) is 96.3 cm³/mol. The van der Waals surface area contributed by atoms with Crippen molar-refractivity contribution in [3.63, 3.8) is 0 Å². The molecule has 0 aliphatic carbocycles. The quantitative estimate of drug-likeness (QED) is 0.458. The van der Waals surface area contributed by atoms with Gasteiger partial charge in [-0.15, -0.1) is 0 Å². The molecule has 3 rings (SSSR count). The zero-order valence-corrected chi connectivity index (χ0v) is 15.0. The van der Waals surface area contributed by atoms with Gasteiger partial charge in [-0.1, -0.05) is 0 Å². The van der Waals surface area contributed by atoms with Crippen LogP contribution < -0.4 is 15.5 Å². The lowest BCUT2D eigenvalue weighted by Gasteiger charge is -2.22. The number of ether oxygens (including phenoxy) is 1. The first kappa shape index (κ1) is 18.8. The monoisotopic (exact) mass is 384 g/mol. The Labute approximate surface area is 159 Å². The van der Waals surface area contributed by atoms with Gasteiger partial charge in [-0.2, -0.15) is 5.01 Å². The van der Waals surface area contributed by atoms with Crippen molar-refractivity contribution in [2.75, 3.05) is 7.11 Å². The first-order valence-electron chi connectivity index (χ1n) is 8.13. The lowest BCUT2D eigenvalue weighted by Crippen LogP contribution is -2.47. The predicted octanol–water partition coefficient (Wildman–Crippen LogP) is 1.72. The SMILES string of the molecule is COc1ccc(C(=O)NN2C(=O)N[C@](C)(c3ccc([N+](=O)[O-])cc3)C2=O)cc1. The van der Waals surface area contributed by atoms with E-state index in [-0.39, 0.29) is 11.3 Å². The summed E-state index contributed by atoms with van der Waals surface area (Å²) in [5.74, 6) is -0.815. The summed E-state index contributed by atoms with van der Waals surface area (Å²) >= 11 is 0. The maximum atomic E-state index is 12.8. The van der Waals surface area contributed by atoms with Crippen LogP contribution in [0.3, 0.4) is 0 Å². The Morgan fingerprint density at radius 2 is 1.75 bits per heavy atom. The molecule has 0 radical (unpaired) electrons. The Kier molecular flexibility index (Phi) is 4.70. The van der Waals surface area contributed by atoms with Gasteiger partial charge in [0.1, 0.15) is 11.3 Å². The highest BCUT2D eigenvalue weighted by molar-refractivity contribution is 6.09. The van der Waals surface area contributed by atoms with Crippen LogP contribution >= 0.6 is 0 Å². The van der Waals surface area contributed by atoms with Crippen molar-refractivity contribution >= 4 is 23.5 Å².